The molecule has 0 spiro atoms. The minimum Gasteiger partial charge on any atom is -0.258 e. The molecule has 38 heavy (non-hydrogen) atoms. The smallest absolute Gasteiger partial charge is 0.258 e. The summed E-state index contributed by atoms with van der Waals surface area (Å²) in [6.45, 7) is 0. The zero-order valence-electron chi connectivity index (χ0n) is 19.8. The SMILES string of the molecule is O=[N+]([O-])c1ccc(N=Nc2ccc(N3N=C(c4cccc(C(F)(F)F)c4)CC3c3ccccc3)cc2)cc1. The van der Waals surface area contributed by atoms with Crippen LogP contribution in [0, 0.1) is 10.1 Å². The first-order chi connectivity index (χ1) is 18.3. The van der Waals surface area contributed by atoms with Gasteiger partial charge in [0.2, 0.25) is 0 Å². The summed E-state index contributed by atoms with van der Waals surface area (Å²) in [5, 5.41) is 25.6. The van der Waals surface area contributed by atoms with E-state index in [9.17, 15) is 23.3 Å². The number of alkyl halides is 3. The minimum absolute atomic E-state index is 0.0306. The summed E-state index contributed by atoms with van der Waals surface area (Å²) < 4.78 is 39.9. The predicted octanol–water partition coefficient (Wildman–Crippen LogP) is 8.38. The van der Waals surface area contributed by atoms with Crippen LogP contribution < -0.4 is 5.01 Å². The molecule has 0 bridgehead atoms. The average molecular weight is 515 g/mol. The van der Waals surface area contributed by atoms with E-state index in [1.54, 1.807) is 18.2 Å². The Kier molecular flexibility index (Phi) is 6.69. The van der Waals surface area contributed by atoms with E-state index in [1.807, 2.05) is 47.5 Å². The van der Waals surface area contributed by atoms with Crippen LogP contribution in [0.25, 0.3) is 0 Å². The van der Waals surface area contributed by atoms with Crippen LogP contribution in [0.15, 0.2) is 118 Å². The van der Waals surface area contributed by atoms with Crippen molar-refractivity contribution in [2.24, 2.45) is 15.3 Å². The van der Waals surface area contributed by atoms with Crippen molar-refractivity contribution in [3.05, 3.63) is 130 Å². The number of hydrogen-bond acceptors (Lipinski definition) is 6. The lowest BCUT2D eigenvalue weighted by Crippen LogP contribution is -2.18. The summed E-state index contributed by atoms with van der Waals surface area (Å²) in [5.41, 5.74) is 3.01. The molecule has 0 saturated heterocycles. The molecule has 1 aliphatic rings. The number of non-ortho nitro benzene ring substituents is 1. The first-order valence-electron chi connectivity index (χ1n) is 11.6. The molecule has 0 amide bonds. The molecule has 4 aromatic carbocycles. The third kappa shape index (κ3) is 5.44. The van der Waals surface area contributed by atoms with Gasteiger partial charge >= 0.3 is 6.18 Å². The van der Waals surface area contributed by atoms with Crippen LogP contribution in [-0.2, 0) is 6.18 Å². The highest BCUT2D eigenvalue weighted by atomic mass is 19.4. The summed E-state index contributed by atoms with van der Waals surface area (Å²) in [7, 11) is 0. The van der Waals surface area contributed by atoms with E-state index in [1.165, 1.54) is 30.3 Å². The van der Waals surface area contributed by atoms with Crippen molar-refractivity contribution >= 4 is 28.5 Å². The number of hydrogen-bond donors (Lipinski definition) is 0. The van der Waals surface area contributed by atoms with E-state index < -0.39 is 16.7 Å². The monoisotopic (exact) mass is 515 g/mol. The maximum atomic E-state index is 13.3. The second-order valence-corrected chi connectivity index (χ2v) is 8.59. The molecule has 0 aliphatic carbocycles. The minimum atomic E-state index is -4.44. The Balaban J connectivity index is 1.42. The fraction of sp³-hybridized carbons (Fsp3) is 0.107. The Morgan fingerprint density at radius 2 is 1.47 bits per heavy atom. The molecule has 1 atom stereocenters. The van der Waals surface area contributed by atoms with Crippen molar-refractivity contribution in [1.82, 2.24) is 0 Å². The molecule has 0 fully saturated rings. The van der Waals surface area contributed by atoms with Crippen LogP contribution >= 0.6 is 0 Å². The van der Waals surface area contributed by atoms with Crippen LogP contribution in [0.2, 0.25) is 0 Å². The molecule has 190 valence electrons. The third-order valence-electron chi connectivity index (χ3n) is 6.07. The summed E-state index contributed by atoms with van der Waals surface area (Å²) in [6, 6.07) is 27.6. The maximum absolute atomic E-state index is 13.3. The molecule has 4 aromatic rings. The number of halogens is 3. The zero-order chi connectivity index (χ0) is 26.7. The first kappa shape index (κ1) is 24.8. The molecule has 1 aliphatic heterocycles. The molecule has 0 radical (unpaired) electrons. The molecule has 10 heteroatoms. The lowest BCUT2D eigenvalue weighted by atomic mass is 9.97. The molecule has 1 heterocycles. The number of nitro groups is 1. The van der Waals surface area contributed by atoms with Gasteiger partial charge in [-0.3, -0.25) is 15.1 Å². The number of rotatable bonds is 6. The molecule has 0 N–H and O–H groups in total. The van der Waals surface area contributed by atoms with E-state index >= 15 is 0 Å². The first-order valence-corrected chi connectivity index (χ1v) is 11.6. The van der Waals surface area contributed by atoms with E-state index in [4.69, 9.17) is 5.10 Å². The van der Waals surface area contributed by atoms with Crippen LogP contribution in [0.5, 0.6) is 0 Å². The number of anilines is 1. The standard InChI is InChI=1S/C28H20F3N5O2/c29-28(30,31)21-8-4-7-20(17-21)26-18-27(19-5-2-1-3-6-19)35(34-26)24-13-9-22(10-14-24)32-33-23-11-15-25(16-12-23)36(37)38/h1-17,27H,18H2. The largest absolute Gasteiger partial charge is 0.416 e. The van der Waals surface area contributed by atoms with Gasteiger partial charge in [0.1, 0.15) is 0 Å². The lowest BCUT2D eigenvalue weighted by Gasteiger charge is -2.24. The Morgan fingerprint density at radius 3 is 2.08 bits per heavy atom. The van der Waals surface area contributed by atoms with Gasteiger partial charge in [-0.25, -0.2) is 0 Å². The summed E-state index contributed by atoms with van der Waals surface area (Å²) >= 11 is 0. The van der Waals surface area contributed by atoms with Crippen LogP contribution in [-0.4, -0.2) is 10.6 Å². The van der Waals surface area contributed by atoms with Gasteiger partial charge in [-0.1, -0.05) is 42.5 Å². The second kappa shape index (κ2) is 10.3. The van der Waals surface area contributed by atoms with E-state index in [0.29, 0.717) is 29.1 Å². The summed E-state index contributed by atoms with van der Waals surface area (Å²) in [6.07, 6.45) is -4.00. The highest BCUT2D eigenvalue weighted by molar-refractivity contribution is 6.03. The van der Waals surface area contributed by atoms with Crippen LogP contribution in [0.3, 0.4) is 0 Å². The van der Waals surface area contributed by atoms with Crippen molar-refractivity contribution in [2.45, 2.75) is 18.6 Å². The second-order valence-electron chi connectivity index (χ2n) is 8.59. The molecular formula is C28H20F3N5O2. The van der Waals surface area contributed by atoms with Gasteiger partial charge in [0.05, 0.1) is 39.3 Å². The molecule has 1 unspecified atom stereocenters. The van der Waals surface area contributed by atoms with Gasteiger partial charge in [0, 0.05) is 18.6 Å². The van der Waals surface area contributed by atoms with Gasteiger partial charge in [-0.15, -0.1) is 0 Å². The third-order valence-corrected chi connectivity index (χ3v) is 6.07. The lowest BCUT2D eigenvalue weighted by molar-refractivity contribution is -0.384. The van der Waals surface area contributed by atoms with Crippen molar-refractivity contribution in [2.75, 3.05) is 5.01 Å². The predicted molar refractivity (Wildman–Crippen MR) is 138 cm³/mol. The molecule has 0 saturated carbocycles. The van der Waals surface area contributed by atoms with E-state index in [0.717, 1.165) is 23.4 Å². The molecule has 5 rings (SSSR count). The van der Waals surface area contributed by atoms with Crippen molar-refractivity contribution in [3.8, 4) is 0 Å². The summed E-state index contributed by atoms with van der Waals surface area (Å²) in [4.78, 5) is 10.3. The average Bonchev–Trinajstić information content (AvgIpc) is 3.38. The Bertz CT molecular complexity index is 1500. The Morgan fingerprint density at radius 1 is 0.842 bits per heavy atom. The highest BCUT2D eigenvalue weighted by Crippen LogP contribution is 2.38. The fourth-order valence-corrected chi connectivity index (χ4v) is 4.16. The van der Waals surface area contributed by atoms with E-state index in [-0.39, 0.29) is 11.7 Å². The van der Waals surface area contributed by atoms with Crippen LogP contribution in [0.1, 0.15) is 29.2 Å². The van der Waals surface area contributed by atoms with Gasteiger partial charge in [0.15, 0.2) is 0 Å². The normalized spacial score (nSPS) is 15.6. The number of nitrogens with zero attached hydrogens (tertiary/aromatic N) is 5. The van der Waals surface area contributed by atoms with Crippen molar-refractivity contribution in [3.63, 3.8) is 0 Å². The maximum Gasteiger partial charge on any atom is 0.416 e. The molecule has 0 aromatic heterocycles. The van der Waals surface area contributed by atoms with Gasteiger partial charge in [-0.05, 0) is 59.7 Å². The van der Waals surface area contributed by atoms with E-state index in [2.05, 4.69) is 10.2 Å². The van der Waals surface area contributed by atoms with Crippen molar-refractivity contribution < 1.29 is 18.1 Å². The quantitative estimate of drug-likeness (QED) is 0.147. The summed E-state index contributed by atoms with van der Waals surface area (Å²) in [5.74, 6) is 0. The molecular weight excluding hydrogens is 495 g/mol. The van der Waals surface area contributed by atoms with Gasteiger partial charge in [-0.2, -0.15) is 28.5 Å². The van der Waals surface area contributed by atoms with Crippen LogP contribution in [0.4, 0.5) is 35.9 Å². The number of nitro benzene ring substituents is 1. The number of benzene rings is 4. The van der Waals surface area contributed by atoms with Gasteiger partial charge < -0.3 is 0 Å². The topological polar surface area (TPSA) is 83.5 Å². The van der Waals surface area contributed by atoms with Gasteiger partial charge in [0.25, 0.3) is 5.69 Å². The van der Waals surface area contributed by atoms with Crippen molar-refractivity contribution in [1.29, 1.82) is 0 Å². The number of hydrazone groups is 1. The fourth-order valence-electron chi connectivity index (χ4n) is 4.16. The Labute approximate surface area is 215 Å². The molecule has 7 nitrogen and oxygen atoms in total. The number of azo groups is 1. The zero-order valence-corrected chi connectivity index (χ0v) is 19.8. The Hall–Kier alpha value is -4.86. The highest BCUT2D eigenvalue weighted by Gasteiger charge is 2.33.